The third kappa shape index (κ3) is 5.26. The van der Waals surface area contributed by atoms with Gasteiger partial charge in [-0.25, -0.2) is 10.2 Å². The number of nitrogens with zero attached hydrogens (tertiary/aromatic N) is 1. The highest BCUT2D eigenvalue weighted by molar-refractivity contribution is 8.00. The molecule has 0 unspecified atom stereocenters. The molecule has 2 amide bonds. The van der Waals surface area contributed by atoms with Crippen LogP contribution < -0.4 is 15.9 Å². The first-order chi connectivity index (χ1) is 8.11. The maximum absolute atomic E-state index is 10.4. The second-order valence-electron chi connectivity index (χ2n) is 3.29. The first-order valence-electron chi connectivity index (χ1n) is 4.97. The number of amides is 2. The number of nitrogens with one attached hydrogen (secondary N) is 1. The lowest BCUT2D eigenvalue weighted by Gasteiger charge is -2.04. The summed E-state index contributed by atoms with van der Waals surface area (Å²) in [4.78, 5) is 11.5. The van der Waals surface area contributed by atoms with Crippen molar-refractivity contribution in [2.75, 3.05) is 12.9 Å². The third-order valence-electron chi connectivity index (χ3n) is 1.85. The summed E-state index contributed by atoms with van der Waals surface area (Å²) in [5.41, 5.74) is 7.89. The van der Waals surface area contributed by atoms with Crippen LogP contribution in [0.2, 0.25) is 0 Å². The maximum Gasteiger partial charge on any atom is 0.332 e. The van der Waals surface area contributed by atoms with Gasteiger partial charge in [-0.1, -0.05) is 6.07 Å². The summed E-state index contributed by atoms with van der Waals surface area (Å²) in [6, 6.07) is 7.09. The Bertz CT molecular complexity index is 421. The van der Waals surface area contributed by atoms with E-state index in [0.717, 1.165) is 16.4 Å². The van der Waals surface area contributed by atoms with Crippen molar-refractivity contribution in [3.05, 3.63) is 24.3 Å². The second kappa shape index (κ2) is 6.80. The lowest BCUT2D eigenvalue weighted by Crippen LogP contribution is -2.25. The first kappa shape index (κ1) is 13.4. The standard InChI is InChI=1S/C11H15N3O2S/c1-8(13-14-11(12)15)7-17-10-5-3-4-9(6-10)16-2/h3-6H,7H2,1-2H3,(H3,12,14,15)/b13-8+. The van der Waals surface area contributed by atoms with Crippen molar-refractivity contribution in [2.45, 2.75) is 11.8 Å². The summed E-state index contributed by atoms with van der Waals surface area (Å²) < 4.78 is 5.12. The lowest BCUT2D eigenvalue weighted by molar-refractivity contribution is 0.249. The summed E-state index contributed by atoms with van der Waals surface area (Å²) >= 11 is 1.61. The van der Waals surface area contributed by atoms with E-state index in [0.29, 0.717) is 5.75 Å². The van der Waals surface area contributed by atoms with E-state index in [-0.39, 0.29) is 0 Å². The highest BCUT2D eigenvalue weighted by atomic mass is 32.2. The maximum atomic E-state index is 10.4. The Morgan fingerprint density at radius 1 is 1.59 bits per heavy atom. The minimum Gasteiger partial charge on any atom is -0.497 e. The molecule has 3 N–H and O–H groups in total. The molecule has 1 aromatic rings. The fraction of sp³-hybridized carbons (Fsp3) is 0.273. The Balaban J connectivity index is 2.49. The van der Waals surface area contributed by atoms with Gasteiger partial charge in [0.05, 0.1) is 7.11 Å². The number of rotatable bonds is 5. The smallest absolute Gasteiger partial charge is 0.332 e. The van der Waals surface area contributed by atoms with Crippen molar-refractivity contribution in [2.24, 2.45) is 10.8 Å². The molecular formula is C11H15N3O2S. The number of benzene rings is 1. The lowest BCUT2D eigenvalue weighted by atomic mass is 10.3. The molecule has 0 spiro atoms. The Hall–Kier alpha value is -1.69. The van der Waals surface area contributed by atoms with E-state index in [1.165, 1.54) is 0 Å². The molecule has 5 nitrogen and oxygen atoms in total. The van der Waals surface area contributed by atoms with Crippen molar-refractivity contribution >= 4 is 23.5 Å². The molecule has 0 aliphatic carbocycles. The van der Waals surface area contributed by atoms with Crippen molar-refractivity contribution in [1.29, 1.82) is 0 Å². The van der Waals surface area contributed by atoms with Gasteiger partial charge in [0.2, 0.25) is 0 Å². The molecule has 0 bridgehead atoms. The van der Waals surface area contributed by atoms with E-state index in [4.69, 9.17) is 10.5 Å². The van der Waals surface area contributed by atoms with Gasteiger partial charge in [0.25, 0.3) is 0 Å². The van der Waals surface area contributed by atoms with Gasteiger partial charge in [0.15, 0.2) is 0 Å². The summed E-state index contributed by atoms with van der Waals surface area (Å²) in [7, 11) is 1.63. The van der Waals surface area contributed by atoms with E-state index >= 15 is 0 Å². The minimum atomic E-state index is -0.657. The number of thioether (sulfide) groups is 1. The topological polar surface area (TPSA) is 76.7 Å². The van der Waals surface area contributed by atoms with Crippen LogP contribution in [0.25, 0.3) is 0 Å². The molecule has 92 valence electrons. The highest BCUT2D eigenvalue weighted by Gasteiger charge is 1.99. The predicted molar refractivity (Wildman–Crippen MR) is 69.5 cm³/mol. The molecule has 1 rings (SSSR count). The Kier molecular flexibility index (Phi) is 5.35. The van der Waals surface area contributed by atoms with E-state index in [1.807, 2.05) is 31.2 Å². The summed E-state index contributed by atoms with van der Waals surface area (Å²) in [5.74, 6) is 1.49. The minimum absolute atomic E-state index is 0.657. The molecule has 6 heteroatoms. The molecular weight excluding hydrogens is 238 g/mol. The molecule has 0 aromatic heterocycles. The molecule has 17 heavy (non-hydrogen) atoms. The number of hydrogen-bond donors (Lipinski definition) is 2. The highest BCUT2D eigenvalue weighted by Crippen LogP contribution is 2.22. The van der Waals surface area contributed by atoms with Gasteiger partial charge in [0, 0.05) is 16.4 Å². The van der Waals surface area contributed by atoms with Gasteiger partial charge < -0.3 is 10.5 Å². The zero-order valence-electron chi connectivity index (χ0n) is 9.77. The van der Waals surface area contributed by atoms with Gasteiger partial charge in [-0.15, -0.1) is 11.8 Å². The largest absolute Gasteiger partial charge is 0.497 e. The molecule has 0 aliphatic rings. The SMILES string of the molecule is COc1cccc(SC/C(C)=N/NC(N)=O)c1. The molecule has 0 radical (unpaired) electrons. The number of hydrazone groups is 1. The summed E-state index contributed by atoms with van der Waals surface area (Å²) in [6.07, 6.45) is 0. The second-order valence-corrected chi connectivity index (χ2v) is 4.34. The molecule has 1 aromatic carbocycles. The first-order valence-corrected chi connectivity index (χ1v) is 5.96. The monoisotopic (exact) mass is 253 g/mol. The number of methoxy groups -OCH3 is 1. The van der Waals surface area contributed by atoms with Crippen molar-refractivity contribution in [3.8, 4) is 5.75 Å². The number of urea groups is 1. The van der Waals surface area contributed by atoms with Gasteiger partial charge >= 0.3 is 6.03 Å². The fourth-order valence-electron chi connectivity index (χ4n) is 1.06. The number of carbonyl (C=O) groups is 1. The summed E-state index contributed by atoms with van der Waals surface area (Å²) in [5, 5.41) is 3.82. The predicted octanol–water partition coefficient (Wildman–Crippen LogP) is 1.83. The van der Waals surface area contributed by atoms with Gasteiger partial charge in [-0.05, 0) is 25.1 Å². The quantitative estimate of drug-likeness (QED) is 0.477. The number of primary amides is 1. The summed E-state index contributed by atoms with van der Waals surface area (Å²) in [6.45, 7) is 1.82. The van der Waals surface area contributed by atoms with Gasteiger partial charge in [-0.3, -0.25) is 0 Å². The van der Waals surface area contributed by atoms with Gasteiger partial charge in [0.1, 0.15) is 5.75 Å². The average molecular weight is 253 g/mol. The molecule has 0 heterocycles. The van der Waals surface area contributed by atoms with E-state index < -0.39 is 6.03 Å². The Morgan fingerprint density at radius 2 is 2.35 bits per heavy atom. The van der Waals surface area contributed by atoms with Crippen LogP contribution in [0.1, 0.15) is 6.92 Å². The van der Waals surface area contributed by atoms with Crippen molar-refractivity contribution in [1.82, 2.24) is 5.43 Å². The van der Waals surface area contributed by atoms with Crippen LogP contribution >= 0.6 is 11.8 Å². The number of nitrogens with two attached hydrogens (primary N) is 1. The van der Waals surface area contributed by atoms with Crippen LogP contribution in [0.3, 0.4) is 0 Å². The van der Waals surface area contributed by atoms with Crippen LogP contribution in [0.5, 0.6) is 5.75 Å². The van der Waals surface area contributed by atoms with Crippen LogP contribution in [0, 0.1) is 0 Å². The Labute approximate surface area is 104 Å². The van der Waals surface area contributed by atoms with Crippen LogP contribution in [0.15, 0.2) is 34.3 Å². The number of hydrogen-bond acceptors (Lipinski definition) is 4. The van der Waals surface area contributed by atoms with Gasteiger partial charge in [-0.2, -0.15) is 5.10 Å². The fourth-order valence-corrected chi connectivity index (χ4v) is 1.88. The van der Waals surface area contributed by atoms with E-state index in [2.05, 4.69) is 10.5 Å². The normalized spacial score (nSPS) is 11.1. The third-order valence-corrected chi connectivity index (χ3v) is 3.00. The molecule has 0 saturated carbocycles. The molecule has 0 fully saturated rings. The zero-order valence-corrected chi connectivity index (χ0v) is 10.6. The zero-order chi connectivity index (χ0) is 12.7. The van der Waals surface area contributed by atoms with Crippen LogP contribution in [0.4, 0.5) is 4.79 Å². The molecule has 0 aliphatic heterocycles. The van der Waals surface area contributed by atoms with Crippen LogP contribution in [-0.2, 0) is 0 Å². The molecule has 0 atom stereocenters. The Morgan fingerprint density at radius 3 is 3.00 bits per heavy atom. The number of carbonyl (C=O) groups excluding carboxylic acids is 1. The van der Waals surface area contributed by atoms with E-state index in [9.17, 15) is 4.79 Å². The van der Waals surface area contributed by atoms with Crippen LogP contribution in [-0.4, -0.2) is 24.6 Å². The van der Waals surface area contributed by atoms with Crippen molar-refractivity contribution < 1.29 is 9.53 Å². The average Bonchev–Trinajstić information content (AvgIpc) is 2.34. The molecule has 0 saturated heterocycles. The number of ether oxygens (including phenoxy) is 1. The van der Waals surface area contributed by atoms with E-state index in [1.54, 1.807) is 18.9 Å². The van der Waals surface area contributed by atoms with Crippen molar-refractivity contribution in [3.63, 3.8) is 0 Å².